The zero-order chi connectivity index (χ0) is 11.1. The second-order valence-electron chi connectivity index (χ2n) is 5.20. The Morgan fingerprint density at radius 3 is 2.53 bits per heavy atom. The van der Waals surface area contributed by atoms with E-state index in [2.05, 4.69) is 31.1 Å². The Labute approximate surface area is 95.4 Å². The molecule has 2 nitrogen and oxygen atoms in total. The Bertz CT molecular complexity index is 151. The molecule has 0 radical (unpaired) electrons. The maximum atomic E-state index is 3.29. The summed E-state index contributed by atoms with van der Waals surface area (Å²) in [6.07, 6.45) is 5.49. The number of nitrogens with one attached hydrogen (secondary N) is 1. The van der Waals surface area contributed by atoms with E-state index in [9.17, 15) is 0 Å². The molecule has 0 bridgehead atoms. The molecule has 1 heterocycles. The van der Waals surface area contributed by atoms with Gasteiger partial charge in [0.25, 0.3) is 0 Å². The van der Waals surface area contributed by atoms with Crippen LogP contribution < -0.4 is 5.32 Å². The first kappa shape index (κ1) is 13.0. The van der Waals surface area contributed by atoms with Crippen molar-refractivity contribution in [1.82, 2.24) is 10.2 Å². The molecule has 1 N–H and O–H groups in total. The maximum Gasteiger partial charge on any atom is 0.000702 e. The number of hydrogen-bond acceptors (Lipinski definition) is 2. The van der Waals surface area contributed by atoms with Crippen LogP contribution in [0.1, 0.15) is 39.5 Å². The van der Waals surface area contributed by atoms with Gasteiger partial charge in [-0.3, -0.25) is 0 Å². The average molecular weight is 212 g/mol. The summed E-state index contributed by atoms with van der Waals surface area (Å²) in [5.41, 5.74) is 0. The largest absolute Gasteiger partial charge is 0.319 e. The summed E-state index contributed by atoms with van der Waals surface area (Å²) in [5.74, 6) is 1.81. The van der Waals surface area contributed by atoms with Gasteiger partial charge in [-0.2, -0.15) is 0 Å². The Morgan fingerprint density at radius 2 is 2.00 bits per heavy atom. The SMILES string of the molecule is CCCC(C)CN1CCC(CNC)CC1. The fourth-order valence-corrected chi connectivity index (χ4v) is 2.69. The van der Waals surface area contributed by atoms with Crippen molar-refractivity contribution in [2.45, 2.75) is 39.5 Å². The number of rotatable bonds is 6. The lowest BCUT2D eigenvalue weighted by molar-refractivity contribution is 0.161. The summed E-state index contributed by atoms with van der Waals surface area (Å²) in [7, 11) is 2.07. The molecular formula is C13H28N2. The molecule has 0 amide bonds. The molecule has 1 unspecified atom stereocenters. The summed E-state index contributed by atoms with van der Waals surface area (Å²) in [6, 6.07) is 0. The summed E-state index contributed by atoms with van der Waals surface area (Å²) < 4.78 is 0. The molecule has 0 aromatic rings. The molecule has 1 saturated heterocycles. The second-order valence-corrected chi connectivity index (χ2v) is 5.20. The van der Waals surface area contributed by atoms with E-state index in [1.54, 1.807) is 0 Å². The Balaban J connectivity index is 2.14. The average Bonchev–Trinajstić information content (AvgIpc) is 2.22. The highest BCUT2D eigenvalue weighted by atomic mass is 15.1. The topological polar surface area (TPSA) is 15.3 Å². The normalized spacial score (nSPS) is 21.8. The molecule has 1 aliphatic rings. The van der Waals surface area contributed by atoms with Gasteiger partial charge in [0.05, 0.1) is 0 Å². The third-order valence-corrected chi connectivity index (χ3v) is 3.55. The van der Waals surface area contributed by atoms with Gasteiger partial charge in [0.2, 0.25) is 0 Å². The van der Waals surface area contributed by atoms with Crippen LogP contribution in [-0.4, -0.2) is 38.1 Å². The van der Waals surface area contributed by atoms with Crippen molar-refractivity contribution in [3.63, 3.8) is 0 Å². The third-order valence-electron chi connectivity index (χ3n) is 3.55. The summed E-state index contributed by atoms with van der Waals surface area (Å²) >= 11 is 0. The van der Waals surface area contributed by atoms with Gasteiger partial charge in [-0.15, -0.1) is 0 Å². The fraction of sp³-hybridized carbons (Fsp3) is 1.00. The van der Waals surface area contributed by atoms with Crippen molar-refractivity contribution in [3.05, 3.63) is 0 Å². The van der Waals surface area contributed by atoms with Gasteiger partial charge in [-0.1, -0.05) is 20.3 Å². The molecule has 1 rings (SSSR count). The Hall–Kier alpha value is -0.0800. The number of nitrogens with zero attached hydrogens (tertiary/aromatic N) is 1. The van der Waals surface area contributed by atoms with Crippen molar-refractivity contribution >= 4 is 0 Å². The smallest absolute Gasteiger partial charge is 0.000702 e. The van der Waals surface area contributed by atoms with Crippen LogP contribution in [0.2, 0.25) is 0 Å². The Morgan fingerprint density at radius 1 is 1.33 bits per heavy atom. The highest BCUT2D eigenvalue weighted by Gasteiger charge is 2.19. The fourth-order valence-electron chi connectivity index (χ4n) is 2.69. The van der Waals surface area contributed by atoms with E-state index in [1.165, 1.54) is 51.9 Å². The van der Waals surface area contributed by atoms with E-state index in [0.29, 0.717) is 0 Å². The van der Waals surface area contributed by atoms with Crippen LogP contribution in [0.4, 0.5) is 0 Å². The molecule has 1 aliphatic heterocycles. The zero-order valence-corrected chi connectivity index (χ0v) is 10.8. The quantitative estimate of drug-likeness (QED) is 0.727. The lowest BCUT2D eigenvalue weighted by Crippen LogP contribution is -2.38. The van der Waals surface area contributed by atoms with E-state index < -0.39 is 0 Å². The molecule has 0 saturated carbocycles. The molecule has 90 valence electrons. The van der Waals surface area contributed by atoms with Gasteiger partial charge in [0.15, 0.2) is 0 Å². The monoisotopic (exact) mass is 212 g/mol. The van der Waals surface area contributed by atoms with Crippen LogP contribution in [0.15, 0.2) is 0 Å². The lowest BCUT2D eigenvalue weighted by Gasteiger charge is -2.33. The summed E-state index contributed by atoms with van der Waals surface area (Å²) in [5, 5.41) is 3.29. The van der Waals surface area contributed by atoms with Crippen LogP contribution in [0, 0.1) is 11.8 Å². The minimum Gasteiger partial charge on any atom is -0.319 e. The van der Waals surface area contributed by atoms with Crippen LogP contribution in [0.3, 0.4) is 0 Å². The van der Waals surface area contributed by atoms with Crippen LogP contribution in [-0.2, 0) is 0 Å². The molecule has 1 atom stereocenters. The second kappa shape index (κ2) is 7.24. The molecule has 1 fully saturated rings. The van der Waals surface area contributed by atoms with Crippen LogP contribution >= 0.6 is 0 Å². The van der Waals surface area contributed by atoms with E-state index in [1.807, 2.05) is 0 Å². The summed E-state index contributed by atoms with van der Waals surface area (Å²) in [6.45, 7) is 9.85. The number of piperidine rings is 1. The first-order valence-electron chi connectivity index (χ1n) is 6.63. The van der Waals surface area contributed by atoms with Crippen molar-refractivity contribution in [2.75, 3.05) is 33.2 Å². The highest BCUT2D eigenvalue weighted by molar-refractivity contribution is 4.74. The maximum absolute atomic E-state index is 3.29. The van der Waals surface area contributed by atoms with Crippen molar-refractivity contribution in [3.8, 4) is 0 Å². The number of hydrogen-bond donors (Lipinski definition) is 1. The molecular weight excluding hydrogens is 184 g/mol. The molecule has 2 heteroatoms. The minimum absolute atomic E-state index is 0.885. The van der Waals surface area contributed by atoms with Crippen LogP contribution in [0.25, 0.3) is 0 Å². The molecule has 0 spiro atoms. The van der Waals surface area contributed by atoms with Gasteiger partial charge in [0, 0.05) is 6.54 Å². The Kier molecular flexibility index (Phi) is 6.26. The van der Waals surface area contributed by atoms with Gasteiger partial charge >= 0.3 is 0 Å². The standard InChI is InChI=1S/C13H28N2/c1-4-5-12(2)11-15-8-6-13(7-9-15)10-14-3/h12-14H,4-11H2,1-3H3. The third kappa shape index (κ3) is 4.98. The minimum atomic E-state index is 0.885. The molecule has 0 aromatic carbocycles. The first-order chi connectivity index (χ1) is 7.26. The number of likely N-dealkylation sites (tertiary alicyclic amines) is 1. The van der Waals surface area contributed by atoms with E-state index >= 15 is 0 Å². The predicted octanol–water partition coefficient (Wildman–Crippen LogP) is 2.35. The van der Waals surface area contributed by atoms with Gasteiger partial charge in [-0.25, -0.2) is 0 Å². The van der Waals surface area contributed by atoms with Gasteiger partial charge in [0.1, 0.15) is 0 Å². The van der Waals surface area contributed by atoms with Gasteiger partial charge in [-0.05, 0) is 57.8 Å². The highest BCUT2D eigenvalue weighted by Crippen LogP contribution is 2.18. The summed E-state index contributed by atoms with van der Waals surface area (Å²) in [4.78, 5) is 2.66. The van der Waals surface area contributed by atoms with Crippen molar-refractivity contribution < 1.29 is 0 Å². The molecule has 0 aromatic heterocycles. The van der Waals surface area contributed by atoms with Crippen molar-refractivity contribution in [1.29, 1.82) is 0 Å². The van der Waals surface area contributed by atoms with Gasteiger partial charge < -0.3 is 10.2 Å². The van der Waals surface area contributed by atoms with E-state index in [0.717, 1.165) is 11.8 Å². The molecule has 15 heavy (non-hydrogen) atoms. The lowest BCUT2D eigenvalue weighted by atomic mass is 9.95. The zero-order valence-electron chi connectivity index (χ0n) is 10.8. The van der Waals surface area contributed by atoms with Crippen molar-refractivity contribution in [2.24, 2.45) is 11.8 Å². The molecule has 0 aliphatic carbocycles. The predicted molar refractivity (Wildman–Crippen MR) is 67.2 cm³/mol. The van der Waals surface area contributed by atoms with E-state index in [4.69, 9.17) is 0 Å². The van der Waals surface area contributed by atoms with E-state index in [-0.39, 0.29) is 0 Å². The van der Waals surface area contributed by atoms with Crippen LogP contribution in [0.5, 0.6) is 0 Å². The first-order valence-corrected chi connectivity index (χ1v) is 6.63.